The quantitative estimate of drug-likeness (QED) is 0.846. The summed E-state index contributed by atoms with van der Waals surface area (Å²) in [5.41, 5.74) is 7.49. The third-order valence-electron chi connectivity index (χ3n) is 3.33. The number of amides is 1. The molecule has 3 rings (SSSR count). The molecule has 1 amide bonds. The van der Waals surface area contributed by atoms with Gasteiger partial charge >= 0.3 is 0 Å². The van der Waals surface area contributed by atoms with E-state index in [1.807, 2.05) is 30.3 Å². The molecular weight excluding hydrogens is 242 g/mol. The smallest absolute Gasteiger partial charge is 0.231 e. The van der Waals surface area contributed by atoms with E-state index in [2.05, 4.69) is 10.3 Å². The van der Waals surface area contributed by atoms with E-state index in [0.29, 0.717) is 13.2 Å². The molecule has 2 atom stereocenters. The van der Waals surface area contributed by atoms with E-state index < -0.39 is 0 Å². The Morgan fingerprint density at radius 1 is 1.37 bits per heavy atom. The lowest BCUT2D eigenvalue weighted by Gasteiger charge is -2.13. The average Bonchev–Trinajstić information content (AvgIpc) is 2.85. The van der Waals surface area contributed by atoms with E-state index in [1.165, 1.54) is 0 Å². The Labute approximate surface area is 110 Å². The first-order chi connectivity index (χ1) is 9.24. The predicted molar refractivity (Wildman–Crippen MR) is 72.7 cm³/mol. The monoisotopic (exact) mass is 257 g/mol. The Kier molecular flexibility index (Phi) is 3.15. The fraction of sp³-hybridized carbons (Fsp3) is 0.286. The Balaban J connectivity index is 1.79. The van der Waals surface area contributed by atoms with Crippen LogP contribution < -0.4 is 11.1 Å². The van der Waals surface area contributed by atoms with Crippen molar-refractivity contribution in [2.45, 2.75) is 6.04 Å². The number of carbonyl (C=O) groups excluding carboxylic acids is 1. The number of nitrogens with one attached hydrogen (secondary N) is 1. The number of hydrogen-bond acceptors (Lipinski definition) is 4. The maximum absolute atomic E-state index is 12.1. The fourth-order valence-corrected chi connectivity index (χ4v) is 2.23. The number of ether oxygens (including phenoxy) is 1. The maximum atomic E-state index is 12.1. The summed E-state index contributed by atoms with van der Waals surface area (Å²) in [5, 5.41) is 3.87. The zero-order valence-corrected chi connectivity index (χ0v) is 10.4. The molecular formula is C14H15N3O2. The molecule has 2 aromatic rings. The van der Waals surface area contributed by atoms with Crippen LogP contribution in [0.4, 0.5) is 5.69 Å². The summed E-state index contributed by atoms with van der Waals surface area (Å²) < 4.78 is 5.20. The number of aromatic nitrogens is 1. The van der Waals surface area contributed by atoms with E-state index in [1.54, 1.807) is 6.20 Å². The lowest BCUT2D eigenvalue weighted by molar-refractivity contribution is -0.120. The number of benzene rings is 1. The molecule has 1 fully saturated rings. The van der Waals surface area contributed by atoms with Crippen molar-refractivity contribution in [1.82, 2.24) is 4.98 Å². The molecule has 1 aromatic heterocycles. The Bertz CT molecular complexity index is 614. The first-order valence-electron chi connectivity index (χ1n) is 6.23. The molecule has 0 bridgehead atoms. The third-order valence-corrected chi connectivity index (χ3v) is 3.33. The van der Waals surface area contributed by atoms with Gasteiger partial charge in [-0.15, -0.1) is 0 Å². The number of nitrogens with zero attached hydrogens (tertiary/aromatic N) is 1. The molecule has 19 heavy (non-hydrogen) atoms. The molecule has 0 spiro atoms. The standard InChI is InChI=1S/C14H15N3O2/c15-12-8-19-7-11(12)14(18)17-10-3-4-13-9(6-10)2-1-5-16-13/h1-6,11-12H,7-8,15H2,(H,17,18). The molecule has 1 aromatic carbocycles. The number of anilines is 1. The maximum Gasteiger partial charge on any atom is 0.231 e. The molecule has 1 aliphatic heterocycles. The zero-order chi connectivity index (χ0) is 13.2. The van der Waals surface area contributed by atoms with Crippen LogP contribution in [0.5, 0.6) is 0 Å². The van der Waals surface area contributed by atoms with Gasteiger partial charge in [0, 0.05) is 23.3 Å². The largest absolute Gasteiger partial charge is 0.379 e. The van der Waals surface area contributed by atoms with Crippen LogP contribution in [-0.4, -0.2) is 30.1 Å². The van der Waals surface area contributed by atoms with Crippen LogP contribution in [0.1, 0.15) is 0 Å². The van der Waals surface area contributed by atoms with Gasteiger partial charge in [-0.3, -0.25) is 9.78 Å². The van der Waals surface area contributed by atoms with Crippen molar-refractivity contribution in [3.8, 4) is 0 Å². The van der Waals surface area contributed by atoms with Gasteiger partial charge in [0.1, 0.15) is 0 Å². The zero-order valence-electron chi connectivity index (χ0n) is 10.4. The normalized spacial score (nSPS) is 22.6. The molecule has 0 radical (unpaired) electrons. The van der Waals surface area contributed by atoms with Gasteiger partial charge < -0.3 is 15.8 Å². The molecule has 2 heterocycles. The number of hydrogen-bond donors (Lipinski definition) is 2. The molecule has 5 heteroatoms. The van der Waals surface area contributed by atoms with Gasteiger partial charge in [-0.2, -0.15) is 0 Å². The Hall–Kier alpha value is -1.98. The van der Waals surface area contributed by atoms with Crippen molar-refractivity contribution < 1.29 is 9.53 Å². The SMILES string of the molecule is NC1COCC1C(=O)Nc1ccc2ncccc2c1. The summed E-state index contributed by atoms with van der Waals surface area (Å²) in [6.45, 7) is 0.835. The van der Waals surface area contributed by atoms with Crippen LogP contribution >= 0.6 is 0 Å². The van der Waals surface area contributed by atoms with Crippen LogP contribution in [0, 0.1) is 5.92 Å². The van der Waals surface area contributed by atoms with Gasteiger partial charge in [0.15, 0.2) is 0 Å². The highest BCUT2D eigenvalue weighted by Gasteiger charge is 2.31. The highest BCUT2D eigenvalue weighted by atomic mass is 16.5. The predicted octanol–water partition coefficient (Wildman–Crippen LogP) is 1.15. The number of pyridine rings is 1. The third kappa shape index (κ3) is 2.43. The minimum Gasteiger partial charge on any atom is -0.379 e. The van der Waals surface area contributed by atoms with Gasteiger partial charge in [-0.1, -0.05) is 6.07 Å². The van der Waals surface area contributed by atoms with Crippen molar-refractivity contribution in [3.05, 3.63) is 36.5 Å². The summed E-state index contributed by atoms with van der Waals surface area (Å²) in [5.74, 6) is -0.363. The number of carbonyl (C=O) groups is 1. The van der Waals surface area contributed by atoms with Gasteiger partial charge in [0.2, 0.25) is 5.91 Å². The second-order valence-corrected chi connectivity index (χ2v) is 4.71. The molecule has 3 N–H and O–H groups in total. The molecule has 2 unspecified atom stereocenters. The van der Waals surface area contributed by atoms with Crippen LogP contribution in [-0.2, 0) is 9.53 Å². The van der Waals surface area contributed by atoms with Gasteiger partial charge in [0.25, 0.3) is 0 Å². The average molecular weight is 257 g/mol. The van der Waals surface area contributed by atoms with Crippen LogP contribution in [0.2, 0.25) is 0 Å². The summed E-state index contributed by atoms with van der Waals surface area (Å²) in [6.07, 6.45) is 1.75. The van der Waals surface area contributed by atoms with E-state index in [0.717, 1.165) is 16.6 Å². The number of fused-ring (bicyclic) bond motifs is 1. The molecule has 98 valence electrons. The molecule has 0 aliphatic carbocycles. The summed E-state index contributed by atoms with van der Waals surface area (Å²) >= 11 is 0. The number of nitrogens with two attached hydrogens (primary N) is 1. The van der Waals surface area contributed by atoms with Crippen molar-refractivity contribution in [2.75, 3.05) is 18.5 Å². The van der Waals surface area contributed by atoms with Crippen LogP contribution in [0.15, 0.2) is 36.5 Å². The first kappa shape index (κ1) is 12.1. The van der Waals surface area contributed by atoms with Gasteiger partial charge in [-0.25, -0.2) is 0 Å². The highest BCUT2D eigenvalue weighted by molar-refractivity contribution is 5.95. The topological polar surface area (TPSA) is 77.2 Å². The molecule has 5 nitrogen and oxygen atoms in total. The summed E-state index contributed by atoms with van der Waals surface area (Å²) in [4.78, 5) is 16.3. The lowest BCUT2D eigenvalue weighted by Crippen LogP contribution is -2.37. The van der Waals surface area contributed by atoms with Crippen LogP contribution in [0.25, 0.3) is 10.9 Å². The summed E-state index contributed by atoms with van der Waals surface area (Å²) in [7, 11) is 0. The van der Waals surface area contributed by atoms with Crippen molar-refractivity contribution >= 4 is 22.5 Å². The fourth-order valence-electron chi connectivity index (χ4n) is 2.23. The first-order valence-corrected chi connectivity index (χ1v) is 6.23. The van der Waals surface area contributed by atoms with E-state index >= 15 is 0 Å². The van der Waals surface area contributed by atoms with E-state index in [9.17, 15) is 4.79 Å². The van der Waals surface area contributed by atoms with Gasteiger partial charge in [-0.05, 0) is 24.3 Å². The minimum atomic E-state index is -0.274. The van der Waals surface area contributed by atoms with E-state index in [-0.39, 0.29) is 17.9 Å². The van der Waals surface area contributed by atoms with E-state index in [4.69, 9.17) is 10.5 Å². The Morgan fingerprint density at radius 2 is 2.26 bits per heavy atom. The lowest BCUT2D eigenvalue weighted by atomic mass is 10.0. The molecule has 1 saturated heterocycles. The van der Waals surface area contributed by atoms with Crippen molar-refractivity contribution in [2.24, 2.45) is 11.7 Å². The van der Waals surface area contributed by atoms with Crippen molar-refractivity contribution in [1.29, 1.82) is 0 Å². The van der Waals surface area contributed by atoms with Crippen LogP contribution in [0.3, 0.4) is 0 Å². The van der Waals surface area contributed by atoms with Crippen molar-refractivity contribution in [3.63, 3.8) is 0 Å². The number of rotatable bonds is 2. The minimum absolute atomic E-state index is 0.0896. The van der Waals surface area contributed by atoms with Gasteiger partial charge in [0.05, 0.1) is 24.6 Å². The molecule has 0 saturated carbocycles. The molecule has 1 aliphatic rings. The highest BCUT2D eigenvalue weighted by Crippen LogP contribution is 2.19. The summed E-state index contributed by atoms with van der Waals surface area (Å²) in [6, 6.07) is 9.24. The second-order valence-electron chi connectivity index (χ2n) is 4.71. The Morgan fingerprint density at radius 3 is 3.05 bits per heavy atom. The second kappa shape index (κ2) is 4.95.